The molecule has 2 aromatic rings. The third-order valence-corrected chi connectivity index (χ3v) is 3.29. The zero-order valence-electron chi connectivity index (χ0n) is 7.08. The van der Waals surface area contributed by atoms with Gasteiger partial charge in [-0.2, -0.15) is 0 Å². The standard InChI is InChI=1S/C9H6BrClN2S/c10-6-1-2-8(12-4-6)9-13-7(3-11)5-14-9/h1-2,4-5H,3H2. The topological polar surface area (TPSA) is 25.8 Å². The molecule has 0 bridgehead atoms. The molecule has 0 spiro atoms. The second-order valence-corrected chi connectivity index (χ2v) is 4.68. The first-order valence-electron chi connectivity index (χ1n) is 3.92. The molecule has 0 aliphatic heterocycles. The maximum Gasteiger partial charge on any atom is 0.142 e. The van der Waals surface area contributed by atoms with E-state index in [-0.39, 0.29) is 0 Å². The summed E-state index contributed by atoms with van der Waals surface area (Å²) >= 11 is 10.6. The van der Waals surface area contributed by atoms with E-state index in [2.05, 4.69) is 25.9 Å². The van der Waals surface area contributed by atoms with Crippen LogP contribution in [0.3, 0.4) is 0 Å². The van der Waals surface area contributed by atoms with E-state index in [1.807, 2.05) is 17.5 Å². The summed E-state index contributed by atoms with van der Waals surface area (Å²) in [7, 11) is 0. The van der Waals surface area contributed by atoms with Crippen molar-refractivity contribution in [3.63, 3.8) is 0 Å². The summed E-state index contributed by atoms with van der Waals surface area (Å²) in [4.78, 5) is 8.59. The summed E-state index contributed by atoms with van der Waals surface area (Å²) in [6, 6.07) is 3.88. The number of hydrogen-bond donors (Lipinski definition) is 0. The Hall–Kier alpha value is -0.450. The van der Waals surface area contributed by atoms with Crippen molar-refractivity contribution >= 4 is 38.9 Å². The summed E-state index contributed by atoms with van der Waals surface area (Å²) in [5, 5.41) is 2.86. The lowest BCUT2D eigenvalue weighted by atomic mass is 10.4. The minimum absolute atomic E-state index is 0.451. The van der Waals surface area contributed by atoms with Crippen LogP contribution < -0.4 is 0 Å². The predicted molar refractivity (Wildman–Crippen MR) is 62.6 cm³/mol. The van der Waals surface area contributed by atoms with Crippen LogP contribution in [-0.2, 0) is 5.88 Å². The van der Waals surface area contributed by atoms with Crippen LogP contribution in [0.25, 0.3) is 10.7 Å². The number of thiazole rings is 1. The Bertz CT molecular complexity index is 427. The molecule has 0 aliphatic rings. The Morgan fingerprint density at radius 2 is 2.29 bits per heavy atom. The number of aromatic nitrogens is 2. The minimum Gasteiger partial charge on any atom is -0.253 e. The van der Waals surface area contributed by atoms with E-state index < -0.39 is 0 Å². The fourth-order valence-corrected chi connectivity index (χ4v) is 2.25. The summed E-state index contributed by atoms with van der Waals surface area (Å²) in [6.07, 6.45) is 1.76. The van der Waals surface area contributed by atoms with Crippen molar-refractivity contribution in [2.24, 2.45) is 0 Å². The molecule has 0 saturated carbocycles. The Morgan fingerprint density at radius 3 is 2.86 bits per heavy atom. The normalized spacial score (nSPS) is 10.4. The van der Waals surface area contributed by atoms with Crippen LogP contribution in [0.5, 0.6) is 0 Å². The van der Waals surface area contributed by atoms with E-state index in [1.54, 1.807) is 17.5 Å². The monoisotopic (exact) mass is 288 g/mol. The highest BCUT2D eigenvalue weighted by molar-refractivity contribution is 9.10. The molecule has 0 aromatic carbocycles. The van der Waals surface area contributed by atoms with Gasteiger partial charge >= 0.3 is 0 Å². The number of rotatable bonds is 2. The van der Waals surface area contributed by atoms with Gasteiger partial charge in [-0.1, -0.05) is 0 Å². The summed E-state index contributed by atoms with van der Waals surface area (Å²) in [6.45, 7) is 0. The van der Waals surface area contributed by atoms with Crippen LogP contribution in [0.2, 0.25) is 0 Å². The molecule has 72 valence electrons. The van der Waals surface area contributed by atoms with E-state index >= 15 is 0 Å². The van der Waals surface area contributed by atoms with Gasteiger partial charge in [0.15, 0.2) is 0 Å². The van der Waals surface area contributed by atoms with E-state index in [1.165, 1.54) is 0 Å². The summed E-state index contributed by atoms with van der Waals surface area (Å²) in [5.41, 5.74) is 1.78. The molecule has 14 heavy (non-hydrogen) atoms. The average Bonchev–Trinajstić information content (AvgIpc) is 2.67. The first-order chi connectivity index (χ1) is 6.79. The molecule has 0 fully saturated rings. The zero-order valence-corrected chi connectivity index (χ0v) is 10.2. The lowest BCUT2D eigenvalue weighted by Crippen LogP contribution is -1.82. The van der Waals surface area contributed by atoms with Crippen molar-refractivity contribution in [3.05, 3.63) is 33.9 Å². The van der Waals surface area contributed by atoms with Gasteiger partial charge in [0, 0.05) is 16.0 Å². The first-order valence-corrected chi connectivity index (χ1v) is 6.12. The lowest BCUT2D eigenvalue weighted by molar-refractivity contribution is 1.20. The van der Waals surface area contributed by atoms with Gasteiger partial charge in [-0.15, -0.1) is 22.9 Å². The molecule has 0 amide bonds. The molecule has 0 unspecified atom stereocenters. The van der Waals surface area contributed by atoms with Gasteiger partial charge < -0.3 is 0 Å². The van der Waals surface area contributed by atoms with Crippen LogP contribution in [-0.4, -0.2) is 9.97 Å². The van der Waals surface area contributed by atoms with E-state index in [4.69, 9.17) is 11.6 Å². The molecule has 5 heteroatoms. The zero-order chi connectivity index (χ0) is 9.97. The molecule has 2 nitrogen and oxygen atoms in total. The second-order valence-electron chi connectivity index (χ2n) is 2.64. The predicted octanol–water partition coefficient (Wildman–Crippen LogP) is 3.71. The molecule has 0 saturated heterocycles. The van der Waals surface area contributed by atoms with Crippen LogP contribution in [0.15, 0.2) is 28.2 Å². The number of nitrogens with zero attached hydrogens (tertiary/aromatic N) is 2. The molecular weight excluding hydrogens is 284 g/mol. The Balaban J connectivity index is 2.34. The van der Waals surface area contributed by atoms with Gasteiger partial charge in [0.1, 0.15) is 5.01 Å². The molecule has 0 atom stereocenters. The van der Waals surface area contributed by atoms with Crippen LogP contribution >= 0.6 is 38.9 Å². The second kappa shape index (κ2) is 4.38. The van der Waals surface area contributed by atoms with Gasteiger partial charge in [0.05, 0.1) is 17.3 Å². The van der Waals surface area contributed by atoms with Crippen molar-refractivity contribution in [2.45, 2.75) is 5.88 Å². The highest BCUT2D eigenvalue weighted by Crippen LogP contribution is 2.23. The fraction of sp³-hybridized carbons (Fsp3) is 0.111. The number of halogens is 2. The third kappa shape index (κ3) is 2.13. The van der Waals surface area contributed by atoms with Gasteiger partial charge in [-0.25, -0.2) is 4.98 Å². The highest BCUT2D eigenvalue weighted by Gasteiger charge is 2.04. The van der Waals surface area contributed by atoms with E-state index in [9.17, 15) is 0 Å². The molecule has 0 radical (unpaired) electrons. The maximum atomic E-state index is 5.67. The van der Waals surface area contributed by atoms with Crippen LogP contribution in [0.4, 0.5) is 0 Å². The van der Waals surface area contributed by atoms with Crippen LogP contribution in [0, 0.1) is 0 Å². The minimum atomic E-state index is 0.451. The van der Waals surface area contributed by atoms with Gasteiger partial charge in [0.25, 0.3) is 0 Å². The quantitative estimate of drug-likeness (QED) is 0.788. The third-order valence-electron chi connectivity index (χ3n) is 1.64. The van der Waals surface area contributed by atoms with Gasteiger partial charge in [0.2, 0.25) is 0 Å². The Kier molecular flexibility index (Phi) is 3.15. The number of pyridine rings is 1. The fourth-order valence-electron chi connectivity index (χ4n) is 0.988. The molecule has 0 N–H and O–H groups in total. The largest absolute Gasteiger partial charge is 0.253 e. The Morgan fingerprint density at radius 1 is 1.43 bits per heavy atom. The van der Waals surface area contributed by atoms with Crippen molar-refractivity contribution in [1.29, 1.82) is 0 Å². The van der Waals surface area contributed by atoms with Gasteiger partial charge in [-0.3, -0.25) is 4.98 Å². The van der Waals surface area contributed by atoms with Crippen molar-refractivity contribution < 1.29 is 0 Å². The van der Waals surface area contributed by atoms with Gasteiger partial charge in [-0.05, 0) is 28.1 Å². The number of alkyl halides is 1. The van der Waals surface area contributed by atoms with E-state index in [0.717, 1.165) is 20.9 Å². The first kappa shape index (κ1) is 10.1. The SMILES string of the molecule is ClCc1csc(-c2ccc(Br)cn2)n1. The average molecular weight is 290 g/mol. The lowest BCUT2D eigenvalue weighted by Gasteiger charge is -1.94. The Labute approximate surface area is 99.1 Å². The molecule has 2 aromatic heterocycles. The van der Waals surface area contributed by atoms with Crippen LogP contribution in [0.1, 0.15) is 5.69 Å². The molecule has 0 aliphatic carbocycles. The van der Waals surface area contributed by atoms with Crippen molar-refractivity contribution in [1.82, 2.24) is 9.97 Å². The smallest absolute Gasteiger partial charge is 0.142 e. The molecular formula is C9H6BrClN2S. The van der Waals surface area contributed by atoms with Crippen molar-refractivity contribution in [2.75, 3.05) is 0 Å². The van der Waals surface area contributed by atoms with E-state index in [0.29, 0.717) is 5.88 Å². The molecule has 2 rings (SSSR count). The molecule has 2 heterocycles. The summed E-state index contributed by atoms with van der Waals surface area (Å²) in [5.74, 6) is 0.451. The highest BCUT2D eigenvalue weighted by atomic mass is 79.9. The summed E-state index contributed by atoms with van der Waals surface area (Å²) < 4.78 is 0.968. The van der Waals surface area contributed by atoms with Crippen molar-refractivity contribution in [3.8, 4) is 10.7 Å². The number of hydrogen-bond acceptors (Lipinski definition) is 3. The maximum absolute atomic E-state index is 5.67.